The number of aromatic nitrogens is 2. The van der Waals surface area contributed by atoms with Crippen LogP contribution in [0.5, 0.6) is 0 Å². The SMILES string of the molecule is CCOC(=O)C1=C(CSc2nc3ccc(Br)cc3c(=O)n2CC(C)C)NC(=O)NC1. The van der Waals surface area contributed by atoms with Crippen molar-refractivity contribution in [1.29, 1.82) is 0 Å². The van der Waals surface area contributed by atoms with E-state index < -0.39 is 5.97 Å². The first-order valence-electron chi connectivity index (χ1n) is 9.57. The lowest BCUT2D eigenvalue weighted by Gasteiger charge is -2.21. The Hall–Kier alpha value is -2.33. The molecule has 2 heterocycles. The van der Waals surface area contributed by atoms with E-state index in [1.165, 1.54) is 11.8 Å². The predicted octanol–water partition coefficient (Wildman–Crippen LogP) is 3.04. The molecule has 160 valence electrons. The molecule has 2 amide bonds. The smallest absolute Gasteiger partial charge is 0.337 e. The minimum atomic E-state index is -0.475. The van der Waals surface area contributed by atoms with E-state index in [2.05, 4.69) is 31.5 Å². The molecule has 2 N–H and O–H groups in total. The van der Waals surface area contributed by atoms with Crippen LogP contribution in [0.2, 0.25) is 0 Å². The number of carbonyl (C=O) groups is 2. The van der Waals surface area contributed by atoms with Gasteiger partial charge in [0.15, 0.2) is 5.16 Å². The summed E-state index contributed by atoms with van der Waals surface area (Å²) in [5, 5.41) is 6.34. The Balaban J connectivity index is 1.99. The number of thioether (sulfide) groups is 1. The number of halogens is 1. The molecule has 0 saturated carbocycles. The van der Waals surface area contributed by atoms with Crippen LogP contribution in [0.1, 0.15) is 20.8 Å². The van der Waals surface area contributed by atoms with Crippen LogP contribution < -0.4 is 16.2 Å². The normalized spacial score (nSPS) is 14.1. The molecule has 0 atom stereocenters. The summed E-state index contributed by atoms with van der Waals surface area (Å²) >= 11 is 4.71. The van der Waals surface area contributed by atoms with Crippen molar-refractivity contribution in [2.24, 2.45) is 5.92 Å². The Bertz CT molecular complexity index is 1080. The van der Waals surface area contributed by atoms with Crippen LogP contribution in [0.4, 0.5) is 4.79 Å². The monoisotopic (exact) mass is 494 g/mol. The van der Waals surface area contributed by atoms with Gasteiger partial charge in [0.1, 0.15) is 0 Å². The number of hydrogen-bond donors (Lipinski definition) is 2. The third-order valence-electron chi connectivity index (χ3n) is 4.35. The van der Waals surface area contributed by atoms with E-state index >= 15 is 0 Å². The molecule has 10 heteroatoms. The zero-order valence-corrected chi connectivity index (χ0v) is 19.4. The number of esters is 1. The number of fused-ring (bicyclic) bond motifs is 1. The van der Waals surface area contributed by atoms with Gasteiger partial charge in [-0.25, -0.2) is 14.6 Å². The van der Waals surface area contributed by atoms with Crippen LogP contribution in [0.3, 0.4) is 0 Å². The Kier molecular flexibility index (Phi) is 7.19. The highest BCUT2D eigenvalue weighted by Gasteiger charge is 2.24. The van der Waals surface area contributed by atoms with E-state index in [1.807, 2.05) is 19.9 Å². The van der Waals surface area contributed by atoms with Gasteiger partial charge in [-0.05, 0) is 31.0 Å². The fourth-order valence-electron chi connectivity index (χ4n) is 3.01. The molecule has 0 fully saturated rings. The highest BCUT2D eigenvalue weighted by atomic mass is 79.9. The maximum atomic E-state index is 13.1. The fraction of sp³-hybridized carbons (Fsp3) is 0.400. The lowest BCUT2D eigenvalue weighted by Crippen LogP contribution is -2.44. The summed E-state index contributed by atoms with van der Waals surface area (Å²) in [5.41, 5.74) is 1.31. The van der Waals surface area contributed by atoms with E-state index in [-0.39, 0.29) is 36.4 Å². The molecule has 0 radical (unpaired) electrons. The van der Waals surface area contributed by atoms with E-state index in [1.54, 1.807) is 23.6 Å². The molecule has 1 aromatic heterocycles. The Morgan fingerprint density at radius 2 is 2.13 bits per heavy atom. The van der Waals surface area contributed by atoms with E-state index in [4.69, 9.17) is 4.74 Å². The zero-order valence-electron chi connectivity index (χ0n) is 17.0. The van der Waals surface area contributed by atoms with Gasteiger partial charge in [-0.3, -0.25) is 9.36 Å². The number of urea groups is 1. The largest absolute Gasteiger partial charge is 0.463 e. The molecule has 0 unspecified atom stereocenters. The molecule has 8 nitrogen and oxygen atoms in total. The number of hydrogen-bond acceptors (Lipinski definition) is 6. The van der Waals surface area contributed by atoms with Crippen molar-refractivity contribution in [3.63, 3.8) is 0 Å². The highest BCUT2D eigenvalue weighted by molar-refractivity contribution is 9.10. The minimum Gasteiger partial charge on any atom is -0.463 e. The van der Waals surface area contributed by atoms with Crippen LogP contribution in [-0.4, -0.2) is 40.5 Å². The van der Waals surface area contributed by atoms with Gasteiger partial charge in [0.25, 0.3) is 5.56 Å². The molecular formula is C20H23BrN4O4S. The highest BCUT2D eigenvalue weighted by Crippen LogP contribution is 2.24. The predicted molar refractivity (Wildman–Crippen MR) is 119 cm³/mol. The maximum Gasteiger partial charge on any atom is 0.337 e. The first-order chi connectivity index (χ1) is 14.3. The molecular weight excluding hydrogens is 472 g/mol. The van der Waals surface area contributed by atoms with E-state index in [0.29, 0.717) is 33.9 Å². The van der Waals surface area contributed by atoms with Crippen molar-refractivity contribution in [3.8, 4) is 0 Å². The minimum absolute atomic E-state index is 0.0958. The van der Waals surface area contributed by atoms with Crippen LogP contribution >= 0.6 is 27.7 Å². The topological polar surface area (TPSA) is 102 Å². The molecule has 0 spiro atoms. The maximum absolute atomic E-state index is 13.1. The van der Waals surface area contributed by atoms with Crippen LogP contribution in [0, 0.1) is 5.92 Å². The molecule has 3 rings (SSSR count). The van der Waals surface area contributed by atoms with Gasteiger partial charge in [0, 0.05) is 22.5 Å². The molecule has 1 aliphatic heterocycles. The summed E-state index contributed by atoms with van der Waals surface area (Å²) in [7, 11) is 0. The third-order valence-corrected chi connectivity index (χ3v) is 5.85. The molecule has 1 aliphatic rings. The van der Waals surface area contributed by atoms with Gasteiger partial charge in [0.05, 0.1) is 29.6 Å². The molecule has 0 aliphatic carbocycles. The first-order valence-corrected chi connectivity index (χ1v) is 11.3. The summed E-state index contributed by atoms with van der Waals surface area (Å²) in [6.45, 7) is 6.63. The Morgan fingerprint density at radius 3 is 2.83 bits per heavy atom. The summed E-state index contributed by atoms with van der Waals surface area (Å²) in [4.78, 5) is 41.8. The summed E-state index contributed by atoms with van der Waals surface area (Å²) < 4.78 is 7.55. The number of ether oxygens (including phenoxy) is 1. The number of amides is 2. The van der Waals surface area contributed by atoms with Crippen molar-refractivity contribution >= 4 is 50.6 Å². The van der Waals surface area contributed by atoms with Gasteiger partial charge in [-0.1, -0.05) is 41.5 Å². The van der Waals surface area contributed by atoms with Crippen molar-refractivity contribution in [2.75, 3.05) is 18.9 Å². The van der Waals surface area contributed by atoms with Gasteiger partial charge >= 0.3 is 12.0 Å². The second kappa shape index (κ2) is 9.65. The van der Waals surface area contributed by atoms with Crippen LogP contribution in [-0.2, 0) is 16.1 Å². The van der Waals surface area contributed by atoms with Gasteiger partial charge in [-0.15, -0.1) is 0 Å². The molecule has 2 aromatic rings. The van der Waals surface area contributed by atoms with E-state index in [9.17, 15) is 14.4 Å². The molecule has 0 saturated heterocycles. The number of rotatable bonds is 7. The van der Waals surface area contributed by atoms with Crippen LogP contribution in [0.25, 0.3) is 10.9 Å². The second-order valence-corrected chi connectivity index (χ2v) is 9.00. The lowest BCUT2D eigenvalue weighted by molar-refractivity contribution is -0.138. The number of benzene rings is 1. The van der Waals surface area contributed by atoms with Crippen LogP contribution in [0.15, 0.2) is 43.9 Å². The van der Waals surface area contributed by atoms with Gasteiger partial charge in [-0.2, -0.15) is 0 Å². The quantitative estimate of drug-likeness (QED) is 0.348. The lowest BCUT2D eigenvalue weighted by atomic mass is 10.2. The van der Waals surface area contributed by atoms with Gasteiger partial charge in [0.2, 0.25) is 0 Å². The Labute approximate surface area is 186 Å². The third kappa shape index (κ3) is 5.04. The van der Waals surface area contributed by atoms with Crippen molar-refractivity contribution in [1.82, 2.24) is 20.2 Å². The molecule has 30 heavy (non-hydrogen) atoms. The Morgan fingerprint density at radius 1 is 1.37 bits per heavy atom. The van der Waals surface area contributed by atoms with E-state index in [0.717, 1.165) is 4.47 Å². The second-order valence-electron chi connectivity index (χ2n) is 7.14. The average Bonchev–Trinajstić information content (AvgIpc) is 2.69. The standard InChI is InChI=1S/C20H23BrN4O4S/c1-4-29-18(27)14-8-22-19(28)23-16(14)10-30-20-24-15-6-5-12(21)7-13(15)17(26)25(20)9-11(2)3/h5-7,11H,4,8-10H2,1-3H3,(H2,22,23,28). The first kappa shape index (κ1) is 22.4. The van der Waals surface area contributed by atoms with Crippen molar-refractivity contribution in [3.05, 3.63) is 44.3 Å². The fourth-order valence-corrected chi connectivity index (χ4v) is 4.37. The zero-order chi connectivity index (χ0) is 21.8. The molecule has 1 aromatic carbocycles. The van der Waals surface area contributed by atoms with Gasteiger partial charge < -0.3 is 15.4 Å². The summed E-state index contributed by atoms with van der Waals surface area (Å²) in [6.07, 6.45) is 0. The van der Waals surface area contributed by atoms with Crippen molar-refractivity contribution < 1.29 is 14.3 Å². The average molecular weight is 495 g/mol. The van der Waals surface area contributed by atoms with Crippen molar-refractivity contribution in [2.45, 2.75) is 32.5 Å². The summed E-state index contributed by atoms with van der Waals surface area (Å²) in [6, 6.07) is 5.02. The number of carbonyl (C=O) groups excluding carboxylic acids is 2. The summed E-state index contributed by atoms with van der Waals surface area (Å²) in [5.74, 6) is 0.0338. The molecule has 0 bridgehead atoms. The number of nitrogens with zero attached hydrogens (tertiary/aromatic N) is 2. The number of nitrogens with one attached hydrogen (secondary N) is 2.